The van der Waals surface area contributed by atoms with Crippen molar-refractivity contribution in [1.29, 1.82) is 0 Å². The molecule has 0 saturated carbocycles. The van der Waals surface area contributed by atoms with Crippen molar-refractivity contribution in [1.82, 2.24) is 5.16 Å². The molecule has 0 fully saturated rings. The molecule has 0 bridgehead atoms. The Morgan fingerprint density at radius 1 is 1.12 bits per heavy atom. The van der Waals surface area contributed by atoms with Crippen molar-refractivity contribution in [2.24, 2.45) is 0 Å². The van der Waals surface area contributed by atoms with Crippen LogP contribution in [0, 0.1) is 0 Å². The third-order valence-electron chi connectivity index (χ3n) is 6.12. The van der Waals surface area contributed by atoms with Gasteiger partial charge in [-0.1, -0.05) is 58.3 Å². The van der Waals surface area contributed by atoms with Crippen LogP contribution in [0.2, 0.25) is 0 Å². The van der Waals surface area contributed by atoms with Gasteiger partial charge >= 0.3 is 0 Å². The number of rotatable bonds is 5. The quantitative estimate of drug-likeness (QED) is 0.584. The van der Waals surface area contributed by atoms with Crippen molar-refractivity contribution in [3.05, 3.63) is 52.4 Å². The Kier molecular flexibility index (Phi) is 5.14. The number of nitrogens with zero attached hydrogens (tertiary/aromatic N) is 1. The third kappa shape index (κ3) is 3.65. The molecule has 0 unspecified atom stereocenters. The molecule has 140 valence electrons. The van der Waals surface area contributed by atoms with E-state index in [1.807, 2.05) is 6.07 Å². The molecule has 2 aromatic rings. The number of unbranched alkanes of at least 4 members (excludes halogenated alkanes) is 1. The fourth-order valence-corrected chi connectivity index (χ4v) is 4.19. The maximum absolute atomic E-state index is 5.31. The number of fused-ring (bicyclic) bond motifs is 1. The van der Waals surface area contributed by atoms with Crippen LogP contribution in [0.25, 0.3) is 11.6 Å². The van der Waals surface area contributed by atoms with Gasteiger partial charge in [-0.2, -0.15) is 0 Å². The lowest BCUT2D eigenvalue weighted by atomic mass is 9.62. The highest BCUT2D eigenvalue weighted by atomic mass is 16.5. The first kappa shape index (κ1) is 18.9. The molecule has 26 heavy (non-hydrogen) atoms. The Bertz CT molecular complexity index is 794. The lowest BCUT2D eigenvalue weighted by Gasteiger charge is -2.42. The van der Waals surface area contributed by atoms with Gasteiger partial charge in [0.05, 0.1) is 6.20 Å². The van der Waals surface area contributed by atoms with Crippen LogP contribution in [0.1, 0.15) is 95.2 Å². The number of aromatic nitrogens is 1. The van der Waals surface area contributed by atoms with Crippen LogP contribution in [0.3, 0.4) is 0 Å². The lowest BCUT2D eigenvalue weighted by Crippen LogP contribution is -2.34. The van der Waals surface area contributed by atoms with E-state index < -0.39 is 0 Å². The van der Waals surface area contributed by atoms with Gasteiger partial charge < -0.3 is 4.52 Å². The predicted molar refractivity (Wildman–Crippen MR) is 110 cm³/mol. The maximum Gasteiger partial charge on any atom is 0.159 e. The summed E-state index contributed by atoms with van der Waals surface area (Å²) in [4.78, 5) is 0. The fraction of sp³-hybridized carbons (Fsp3) is 0.542. The van der Waals surface area contributed by atoms with Crippen LogP contribution in [0.4, 0.5) is 0 Å². The summed E-state index contributed by atoms with van der Waals surface area (Å²) in [5.74, 6) is 0.821. The highest BCUT2D eigenvalue weighted by Gasteiger charge is 2.37. The molecule has 0 aliphatic heterocycles. The molecule has 0 N–H and O–H groups in total. The Morgan fingerprint density at radius 3 is 2.35 bits per heavy atom. The smallest absolute Gasteiger partial charge is 0.159 e. The fourth-order valence-electron chi connectivity index (χ4n) is 4.19. The van der Waals surface area contributed by atoms with Gasteiger partial charge in [-0.25, -0.2) is 0 Å². The van der Waals surface area contributed by atoms with Gasteiger partial charge in [-0.05, 0) is 77.3 Å². The summed E-state index contributed by atoms with van der Waals surface area (Å²) in [6.07, 6.45) is 9.90. The van der Waals surface area contributed by atoms with Crippen molar-refractivity contribution in [3.63, 3.8) is 0 Å². The maximum atomic E-state index is 5.31. The van der Waals surface area contributed by atoms with Crippen LogP contribution >= 0.6 is 0 Å². The molecule has 1 aromatic heterocycles. The minimum absolute atomic E-state index is 0.232. The van der Waals surface area contributed by atoms with E-state index in [-0.39, 0.29) is 10.8 Å². The minimum atomic E-state index is 0.232. The topological polar surface area (TPSA) is 26.0 Å². The van der Waals surface area contributed by atoms with Gasteiger partial charge in [0.25, 0.3) is 0 Å². The number of aryl methyl sites for hydroxylation is 1. The number of hydrogen-bond donors (Lipinski definition) is 0. The molecule has 0 saturated heterocycles. The molecule has 0 radical (unpaired) electrons. The molecule has 3 rings (SSSR count). The van der Waals surface area contributed by atoms with Crippen LogP contribution < -0.4 is 0 Å². The molecule has 1 aliphatic rings. The van der Waals surface area contributed by atoms with E-state index in [2.05, 4.69) is 64.9 Å². The first-order valence-corrected chi connectivity index (χ1v) is 10.0. The minimum Gasteiger partial charge on any atom is -0.357 e. The van der Waals surface area contributed by atoms with Crippen molar-refractivity contribution in [3.8, 4) is 0 Å². The van der Waals surface area contributed by atoms with E-state index in [9.17, 15) is 0 Å². The molecule has 2 heteroatoms. The van der Waals surface area contributed by atoms with Crippen molar-refractivity contribution < 1.29 is 4.52 Å². The molecular weight excluding hydrogens is 318 g/mol. The molecular formula is C24H33NO. The molecule has 1 heterocycles. The van der Waals surface area contributed by atoms with E-state index in [0.29, 0.717) is 0 Å². The summed E-state index contributed by atoms with van der Waals surface area (Å²) in [5, 5.41) is 3.83. The van der Waals surface area contributed by atoms with Crippen molar-refractivity contribution in [2.75, 3.05) is 0 Å². The summed E-state index contributed by atoms with van der Waals surface area (Å²) in [6.45, 7) is 14.1. The van der Waals surface area contributed by atoms with Gasteiger partial charge in [0.2, 0.25) is 0 Å². The summed E-state index contributed by atoms with van der Waals surface area (Å²) in [6, 6.07) is 6.91. The summed E-state index contributed by atoms with van der Waals surface area (Å²) < 4.78 is 5.31. The van der Waals surface area contributed by atoms with Gasteiger partial charge in [0.15, 0.2) is 5.76 Å². The second kappa shape index (κ2) is 7.06. The first-order valence-electron chi connectivity index (χ1n) is 10.0. The third-order valence-corrected chi connectivity index (χ3v) is 6.12. The van der Waals surface area contributed by atoms with Crippen LogP contribution in [0.15, 0.2) is 28.9 Å². The number of hydrogen-bond acceptors (Lipinski definition) is 2. The highest BCUT2D eigenvalue weighted by molar-refractivity contribution is 5.81. The molecule has 1 aromatic carbocycles. The lowest BCUT2D eigenvalue weighted by molar-refractivity contribution is 0.331. The zero-order valence-electron chi connectivity index (χ0n) is 17.3. The van der Waals surface area contributed by atoms with Gasteiger partial charge in [0, 0.05) is 6.07 Å². The Balaban J connectivity index is 2.16. The summed E-state index contributed by atoms with van der Waals surface area (Å²) >= 11 is 0. The van der Waals surface area contributed by atoms with E-state index in [1.165, 1.54) is 47.9 Å². The molecule has 0 spiro atoms. The zero-order valence-corrected chi connectivity index (χ0v) is 17.3. The molecule has 1 aliphatic carbocycles. The van der Waals surface area contributed by atoms with E-state index in [4.69, 9.17) is 4.52 Å². The Morgan fingerprint density at radius 2 is 1.77 bits per heavy atom. The second-order valence-corrected chi connectivity index (χ2v) is 9.17. The van der Waals surface area contributed by atoms with Crippen molar-refractivity contribution >= 4 is 11.6 Å². The summed E-state index contributed by atoms with van der Waals surface area (Å²) in [7, 11) is 0. The van der Waals surface area contributed by atoms with E-state index >= 15 is 0 Å². The molecule has 0 amide bonds. The SMILES string of the molecule is CCCCc1cc2c(cc1C(C)=Cc1ccno1)C(C)(C)CCC2(C)C. The molecule has 2 nitrogen and oxygen atoms in total. The van der Waals surface area contributed by atoms with Gasteiger partial charge in [0.1, 0.15) is 0 Å². The zero-order chi connectivity index (χ0) is 18.9. The largest absolute Gasteiger partial charge is 0.357 e. The second-order valence-electron chi connectivity index (χ2n) is 9.17. The standard InChI is InChI=1S/C24H33NO/c1-7-8-9-18-15-21-22(24(5,6)12-11-23(21,3)4)16-20(18)17(2)14-19-10-13-25-26-19/h10,13-16H,7-9,11-12H2,1-6H3. The van der Waals surface area contributed by atoms with E-state index in [1.54, 1.807) is 11.8 Å². The Hall–Kier alpha value is -1.83. The monoisotopic (exact) mass is 351 g/mol. The van der Waals surface area contributed by atoms with Gasteiger partial charge in [-0.15, -0.1) is 0 Å². The predicted octanol–water partition coefficient (Wildman–Crippen LogP) is 6.93. The van der Waals surface area contributed by atoms with Crippen molar-refractivity contribution in [2.45, 2.75) is 84.5 Å². The highest BCUT2D eigenvalue weighted by Crippen LogP contribution is 2.47. The molecule has 0 atom stereocenters. The van der Waals surface area contributed by atoms with Gasteiger partial charge in [-0.3, -0.25) is 0 Å². The van der Waals surface area contributed by atoms with E-state index in [0.717, 1.165) is 12.2 Å². The van der Waals surface area contributed by atoms with Crippen LogP contribution in [-0.4, -0.2) is 5.16 Å². The van der Waals surface area contributed by atoms with Crippen LogP contribution in [-0.2, 0) is 17.3 Å². The normalized spacial score (nSPS) is 18.6. The Labute approximate surface area is 158 Å². The summed E-state index contributed by atoms with van der Waals surface area (Å²) in [5.41, 5.74) is 7.67. The number of allylic oxidation sites excluding steroid dienone is 1. The van der Waals surface area contributed by atoms with Crippen LogP contribution in [0.5, 0.6) is 0 Å². The first-order chi connectivity index (χ1) is 12.2. The number of benzene rings is 1. The average Bonchev–Trinajstić information content (AvgIpc) is 3.09. The average molecular weight is 352 g/mol.